The number of benzene rings is 3. The molecule has 156 valence electrons. The molecular formula is C27H24O4. The van der Waals surface area contributed by atoms with Crippen molar-refractivity contribution in [2.45, 2.75) is 20.3 Å². The fourth-order valence-corrected chi connectivity index (χ4v) is 3.46. The lowest BCUT2D eigenvalue weighted by Gasteiger charge is -2.17. The lowest BCUT2D eigenvalue weighted by molar-refractivity contribution is -0.132. The molecule has 0 unspecified atom stereocenters. The topological polar surface area (TPSA) is 63.6 Å². The van der Waals surface area contributed by atoms with Gasteiger partial charge in [-0.05, 0) is 58.0 Å². The number of allylic oxidation sites excluding steroid dienone is 1. The third-order valence-electron chi connectivity index (χ3n) is 4.80. The van der Waals surface area contributed by atoms with Gasteiger partial charge in [-0.3, -0.25) is 4.79 Å². The number of carboxylic acid groups (broad SMARTS) is 1. The molecule has 0 atom stereocenters. The van der Waals surface area contributed by atoms with Crippen LogP contribution in [0.4, 0.5) is 0 Å². The Hall–Kier alpha value is -3.92. The van der Waals surface area contributed by atoms with Crippen LogP contribution < -0.4 is 4.74 Å². The number of aliphatic carboxylic acids is 1. The van der Waals surface area contributed by atoms with Crippen molar-refractivity contribution in [1.82, 2.24) is 0 Å². The van der Waals surface area contributed by atoms with Gasteiger partial charge >= 0.3 is 11.9 Å². The molecule has 0 aliphatic carbocycles. The van der Waals surface area contributed by atoms with Gasteiger partial charge in [0.25, 0.3) is 0 Å². The summed E-state index contributed by atoms with van der Waals surface area (Å²) < 4.78 is 5.18. The lowest BCUT2D eigenvalue weighted by Crippen LogP contribution is -2.01. The zero-order valence-electron chi connectivity index (χ0n) is 17.5. The third kappa shape index (κ3) is 5.80. The molecule has 0 saturated carbocycles. The van der Waals surface area contributed by atoms with Gasteiger partial charge < -0.3 is 9.84 Å². The molecule has 0 aliphatic heterocycles. The van der Waals surface area contributed by atoms with Gasteiger partial charge in [-0.2, -0.15) is 0 Å². The van der Waals surface area contributed by atoms with E-state index in [9.17, 15) is 9.59 Å². The second-order valence-corrected chi connectivity index (χ2v) is 6.98. The van der Waals surface area contributed by atoms with Crippen LogP contribution in [0.1, 0.15) is 42.5 Å². The zero-order chi connectivity index (χ0) is 22.2. The van der Waals surface area contributed by atoms with Gasteiger partial charge in [-0.15, -0.1) is 0 Å². The first-order chi connectivity index (χ1) is 15.0. The SMILES string of the molecule is CC/C(=C(/c1ccc(/C=C/C(=O)O)cc1)c1ccc(OC(C)=O)cc1)c1ccccc1. The molecule has 3 aromatic carbocycles. The van der Waals surface area contributed by atoms with Crippen LogP contribution in [0.25, 0.3) is 17.2 Å². The van der Waals surface area contributed by atoms with Gasteiger partial charge in [0.05, 0.1) is 0 Å². The summed E-state index contributed by atoms with van der Waals surface area (Å²) in [5.41, 5.74) is 6.25. The van der Waals surface area contributed by atoms with Crippen LogP contribution in [0.15, 0.2) is 84.9 Å². The number of carboxylic acids is 1. The third-order valence-corrected chi connectivity index (χ3v) is 4.80. The molecule has 0 saturated heterocycles. The van der Waals surface area contributed by atoms with E-state index < -0.39 is 5.97 Å². The minimum atomic E-state index is -0.977. The number of ether oxygens (including phenoxy) is 1. The Morgan fingerprint density at radius 1 is 0.839 bits per heavy atom. The second-order valence-electron chi connectivity index (χ2n) is 6.98. The summed E-state index contributed by atoms with van der Waals surface area (Å²) in [6.07, 6.45) is 3.52. The Labute approximate surface area is 182 Å². The fourth-order valence-electron chi connectivity index (χ4n) is 3.46. The molecule has 3 aromatic rings. The maximum Gasteiger partial charge on any atom is 0.328 e. The summed E-state index contributed by atoms with van der Waals surface area (Å²) >= 11 is 0. The van der Waals surface area contributed by atoms with E-state index >= 15 is 0 Å². The Morgan fingerprint density at radius 2 is 1.42 bits per heavy atom. The second kappa shape index (κ2) is 10.2. The Kier molecular flexibility index (Phi) is 7.17. The first kappa shape index (κ1) is 21.8. The average Bonchev–Trinajstić information content (AvgIpc) is 2.77. The predicted octanol–water partition coefficient (Wildman–Crippen LogP) is 6.08. The van der Waals surface area contributed by atoms with Crippen LogP contribution >= 0.6 is 0 Å². The van der Waals surface area contributed by atoms with Crippen molar-refractivity contribution in [3.05, 3.63) is 107 Å². The van der Waals surface area contributed by atoms with Crippen LogP contribution in [0.5, 0.6) is 5.75 Å². The molecule has 0 amide bonds. The maximum atomic E-state index is 11.2. The average molecular weight is 412 g/mol. The maximum absolute atomic E-state index is 11.2. The van der Waals surface area contributed by atoms with Crippen molar-refractivity contribution in [3.63, 3.8) is 0 Å². The zero-order valence-corrected chi connectivity index (χ0v) is 17.5. The van der Waals surface area contributed by atoms with E-state index in [0.717, 1.165) is 40.3 Å². The summed E-state index contributed by atoms with van der Waals surface area (Å²) in [5.74, 6) is -0.829. The first-order valence-corrected chi connectivity index (χ1v) is 10.1. The van der Waals surface area contributed by atoms with E-state index in [2.05, 4.69) is 19.1 Å². The summed E-state index contributed by atoms with van der Waals surface area (Å²) in [6, 6.07) is 25.5. The van der Waals surface area contributed by atoms with Crippen molar-refractivity contribution in [1.29, 1.82) is 0 Å². The summed E-state index contributed by atoms with van der Waals surface area (Å²) in [6.45, 7) is 3.50. The van der Waals surface area contributed by atoms with E-state index in [1.165, 1.54) is 12.5 Å². The highest BCUT2D eigenvalue weighted by molar-refractivity contribution is 5.98. The molecule has 0 aromatic heterocycles. The van der Waals surface area contributed by atoms with Crippen LogP contribution in [0.2, 0.25) is 0 Å². The minimum absolute atomic E-state index is 0.355. The molecule has 1 N–H and O–H groups in total. The molecule has 0 bridgehead atoms. The normalized spacial score (nSPS) is 11.8. The number of carbonyl (C=O) groups excluding carboxylic acids is 1. The molecule has 4 heteroatoms. The number of hydrogen-bond donors (Lipinski definition) is 1. The minimum Gasteiger partial charge on any atom is -0.478 e. The van der Waals surface area contributed by atoms with Crippen molar-refractivity contribution in [2.75, 3.05) is 0 Å². The highest BCUT2D eigenvalue weighted by atomic mass is 16.5. The predicted molar refractivity (Wildman–Crippen MR) is 124 cm³/mol. The van der Waals surface area contributed by atoms with E-state index in [4.69, 9.17) is 9.84 Å². The smallest absolute Gasteiger partial charge is 0.328 e. The number of esters is 1. The Balaban J connectivity index is 2.12. The monoisotopic (exact) mass is 412 g/mol. The highest BCUT2D eigenvalue weighted by Gasteiger charge is 2.13. The quantitative estimate of drug-likeness (QED) is 0.221. The van der Waals surface area contributed by atoms with Crippen LogP contribution in [-0.4, -0.2) is 17.0 Å². The molecule has 4 nitrogen and oxygen atoms in total. The van der Waals surface area contributed by atoms with Crippen LogP contribution in [0.3, 0.4) is 0 Å². The standard InChI is InChI=1S/C27H24O4/c1-3-25(21-7-5-4-6-8-21)27(23-14-16-24(17-15-23)31-19(2)28)22-12-9-20(10-13-22)11-18-26(29)30/h4-18H,3H2,1-2H3,(H,29,30)/b18-11+,27-25+. The van der Waals surface area contributed by atoms with Crippen LogP contribution in [-0.2, 0) is 9.59 Å². The van der Waals surface area contributed by atoms with Crippen LogP contribution in [0, 0.1) is 0 Å². The van der Waals surface area contributed by atoms with E-state index in [1.807, 2.05) is 54.6 Å². The molecule has 0 fully saturated rings. The lowest BCUT2D eigenvalue weighted by atomic mass is 9.88. The van der Waals surface area contributed by atoms with Crippen molar-refractivity contribution in [3.8, 4) is 5.75 Å². The molecule has 3 rings (SSSR count). The molecule has 0 radical (unpaired) electrons. The van der Waals surface area contributed by atoms with Gasteiger partial charge in [0.15, 0.2) is 0 Å². The molecular weight excluding hydrogens is 388 g/mol. The van der Waals surface area contributed by atoms with Crippen molar-refractivity contribution < 1.29 is 19.4 Å². The Bertz CT molecular complexity index is 1110. The summed E-state index contributed by atoms with van der Waals surface area (Å²) in [4.78, 5) is 22.0. The van der Waals surface area contributed by atoms with Crippen molar-refractivity contribution in [2.24, 2.45) is 0 Å². The largest absolute Gasteiger partial charge is 0.478 e. The summed E-state index contributed by atoms with van der Waals surface area (Å²) in [5, 5.41) is 8.85. The Morgan fingerprint density at radius 3 is 1.94 bits per heavy atom. The van der Waals surface area contributed by atoms with Gasteiger partial charge in [0.1, 0.15) is 5.75 Å². The highest BCUT2D eigenvalue weighted by Crippen LogP contribution is 2.35. The number of hydrogen-bond acceptors (Lipinski definition) is 3. The molecule has 31 heavy (non-hydrogen) atoms. The molecule has 0 aliphatic rings. The fraction of sp³-hybridized carbons (Fsp3) is 0.111. The molecule has 0 spiro atoms. The van der Waals surface area contributed by atoms with E-state index in [-0.39, 0.29) is 5.97 Å². The van der Waals surface area contributed by atoms with Gasteiger partial charge in [0.2, 0.25) is 0 Å². The van der Waals surface area contributed by atoms with E-state index in [1.54, 1.807) is 18.2 Å². The first-order valence-electron chi connectivity index (χ1n) is 10.1. The van der Waals surface area contributed by atoms with Gasteiger partial charge in [0, 0.05) is 13.0 Å². The van der Waals surface area contributed by atoms with Crippen molar-refractivity contribution >= 4 is 29.2 Å². The van der Waals surface area contributed by atoms with E-state index in [0.29, 0.717) is 5.75 Å². The molecule has 0 heterocycles. The van der Waals surface area contributed by atoms with Gasteiger partial charge in [-0.25, -0.2) is 4.79 Å². The summed E-state index contributed by atoms with van der Waals surface area (Å²) in [7, 11) is 0. The number of carbonyl (C=O) groups is 2. The van der Waals surface area contributed by atoms with Gasteiger partial charge in [-0.1, -0.05) is 73.7 Å². The number of rotatable bonds is 7.